The summed E-state index contributed by atoms with van der Waals surface area (Å²) in [5.41, 5.74) is -2.44. The van der Waals surface area contributed by atoms with Gasteiger partial charge >= 0.3 is 6.18 Å². The maximum Gasteiger partial charge on any atom is 0.417 e. The Kier molecular flexibility index (Phi) is 8.81. The summed E-state index contributed by atoms with van der Waals surface area (Å²) in [5.74, 6) is -2.96. The first-order valence-corrected chi connectivity index (χ1v) is 14.0. The molecule has 2 amide bonds. The second-order valence-electron chi connectivity index (χ2n) is 10.1. The number of sulfonamides is 1. The maximum atomic E-state index is 13.7. The second kappa shape index (κ2) is 11.5. The molecular formula is C26H32F3N5O6S. The van der Waals surface area contributed by atoms with E-state index < -0.39 is 67.2 Å². The number of phenolic OH excluding ortho intramolecular Hbond substituents is 1. The molecule has 1 atom stereocenters. The molecule has 3 N–H and O–H groups in total. The summed E-state index contributed by atoms with van der Waals surface area (Å²) in [7, 11) is 0.541. The van der Waals surface area contributed by atoms with E-state index in [2.05, 4.69) is 15.0 Å². The molecule has 1 aromatic carbocycles. The van der Waals surface area contributed by atoms with Crippen LogP contribution in [0.4, 0.5) is 18.9 Å². The lowest BCUT2D eigenvalue weighted by Gasteiger charge is -2.20. The van der Waals surface area contributed by atoms with Gasteiger partial charge in [0, 0.05) is 28.2 Å². The van der Waals surface area contributed by atoms with E-state index in [1.807, 2.05) is 13.8 Å². The van der Waals surface area contributed by atoms with Gasteiger partial charge in [-0.25, -0.2) is 8.42 Å². The lowest BCUT2D eigenvalue weighted by molar-refractivity contribution is -0.138. The Morgan fingerprint density at radius 2 is 1.73 bits per heavy atom. The first-order valence-electron chi connectivity index (χ1n) is 12.5. The topological polar surface area (TPSA) is 145 Å². The molecule has 1 aliphatic heterocycles. The summed E-state index contributed by atoms with van der Waals surface area (Å²) in [5, 5.41) is 13.4. The van der Waals surface area contributed by atoms with Crippen LogP contribution in [0.2, 0.25) is 0 Å². The van der Waals surface area contributed by atoms with E-state index in [0.29, 0.717) is 18.2 Å². The summed E-state index contributed by atoms with van der Waals surface area (Å²) >= 11 is 0. The Hall–Kier alpha value is -4.01. The van der Waals surface area contributed by atoms with Crippen LogP contribution in [0.1, 0.15) is 66.4 Å². The average molecular weight is 600 g/mol. The quantitative estimate of drug-likeness (QED) is 0.389. The van der Waals surface area contributed by atoms with E-state index in [1.54, 1.807) is 19.3 Å². The highest BCUT2D eigenvalue weighted by atomic mass is 32.2. The normalized spacial score (nSPS) is 16.6. The molecule has 41 heavy (non-hydrogen) atoms. The first kappa shape index (κ1) is 31.5. The molecule has 1 aromatic heterocycles. The number of furan rings is 1. The number of aromatic hydroxyl groups is 1. The van der Waals surface area contributed by atoms with Gasteiger partial charge in [-0.1, -0.05) is 20.8 Å². The van der Waals surface area contributed by atoms with E-state index in [9.17, 15) is 36.3 Å². The minimum atomic E-state index is -4.99. The number of benzene rings is 1. The predicted molar refractivity (Wildman–Crippen MR) is 146 cm³/mol. The van der Waals surface area contributed by atoms with Gasteiger partial charge in [-0.15, -0.1) is 0 Å². The number of rotatable bonds is 8. The van der Waals surface area contributed by atoms with E-state index in [0.717, 1.165) is 21.4 Å². The van der Waals surface area contributed by atoms with Crippen LogP contribution >= 0.6 is 0 Å². The zero-order valence-corrected chi connectivity index (χ0v) is 24.4. The smallest absolute Gasteiger partial charge is 0.417 e. The van der Waals surface area contributed by atoms with Gasteiger partial charge in [0.05, 0.1) is 23.1 Å². The molecule has 0 aliphatic carbocycles. The Morgan fingerprint density at radius 3 is 2.22 bits per heavy atom. The SMILES string of the molecule is CCC(N=C1NS(=O)(=O)C(C(=O)N(C)C)=C1Nc1ccc(C(F)(F)F)c(C(=O)N(C)C)c1O)c1cc(C(C)C)co1. The Morgan fingerprint density at radius 1 is 1.12 bits per heavy atom. The van der Waals surface area contributed by atoms with Crippen LogP contribution in [0.3, 0.4) is 0 Å². The van der Waals surface area contributed by atoms with Crippen LogP contribution < -0.4 is 10.0 Å². The fourth-order valence-electron chi connectivity index (χ4n) is 3.96. The third kappa shape index (κ3) is 6.34. The minimum absolute atomic E-state index is 0.144. The number of carbonyl (C=O) groups excluding carboxylic acids is 2. The number of amides is 2. The molecule has 2 aromatic rings. The van der Waals surface area contributed by atoms with E-state index >= 15 is 0 Å². The van der Waals surface area contributed by atoms with Crippen LogP contribution in [0.15, 0.2) is 44.5 Å². The number of nitrogens with zero attached hydrogens (tertiary/aromatic N) is 3. The molecule has 15 heteroatoms. The zero-order chi connectivity index (χ0) is 31.0. The molecule has 224 valence electrons. The van der Waals surface area contributed by atoms with Gasteiger partial charge in [0.2, 0.25) is 0 Å². The van der Waals surface area contributed by atoms with Crippen molar-refractivity contribution in [1.82, 2.24) is 14.5 Å². The van der Waals surface area contributed by atoms with Crippen molar-refractivity contribution < 1.29 is 40.7 Å². The largest absolute Gasteiger partial charge is 0.505 e. The third-order valence-electron chi connectivity index (χ3n) is 6.23. The molecule has 1 unspecified atom stereocenters. The van der Waals surface area contributed by atoms with Gasteiger partial charge < -0.3 is 24.6 Å². The molecule has 0 spiro atoms. The summed E-state index contributed by atoms with van der Waals surface area (Å²) in [6.45, 7) is 5.70. The van der Waals surface area contributed by atoms with Crippen LogP contribution in [0.25, 0.3) is 0 Å². The Bertz CT molecular complexity index is 1520. The number of hydrogen-bond acceptors (Lipinski definition) is 8. The van der Waals surface area contributed by atoms with Crippen LogP contribution in [-0.4, -0.2) is 69.2 Å². The number of likely N-dealkylation sites (N-methyl/N-ethyl adjacent to an activating group) is 1. The van der Waals surface area contributed by atoms with Crippen LogP contribution in [0, 0.1) is 0 Å². The van der Waals surface area contributed by atoms with Gasteiger partial charge in [0.15, 0.2) is 16.5 Å². The Balaban J connectivity index is 2.25. The van der Waals surface area contributed by atoms with Crippen molar-refractivity contribution in [3.8, 4) is 5.75 Å². The Labute approximate surface area is 235 Å². The maximum absolute atomic E-state index is 13.7. The molecule has 3 rings (SSSR count). The van der Waals surface area contributed by atoms with Gasteiger partial charge in [-0.3, -0.25) is 19.3 Å². The summed E-state index contributed by atoms with van der Waals surface area (Å²) in [4.78, 5) is 31.2. The predicted octanol–water partition coefficient (Wildman–Crippen LogP) is 4.02. The van der Waals surface area contributed by atoms with Crippen molar-refractivity contribution in [1.29, 1.82) is 0 Å². The van der Waals surface area contributed by atoms with E-state index in [-0.39, 0.29) is 11.8 Å². The van der Waals surface area contributed by atoms with Gasteiger partial charge in [0.25, 0.3) is 21.8 Å². The van der Waals surface area contributed by atoms with E-state index in [4.69, 9.17) is 4.42 Å². The summed E-state index contributed by atoms with van der Waals surface area (Å²) < 4.78 is 75.3. The molecule has 0 saturated carbocycles. The molecular weight excluding hydrogens is 567 g/mol. The molecule has 0 bridgehead atoms. The fourth-order valence-corrected chi connectivity index (χ4v) is 5.30. The number of hydrogen-bond donors (Lipinski definition) is 3. The number of nitrogens with one attached hydrogen (secondary N) is 2. The number of anilines is 1. The van der Waals surface area contributed by atoms with Crippen molar-refractivity contribution in [3.63, 3.8) is 0 Å². The first-order chi connectivity index (χ1) is 18.9. The van der Waals surface area contributed by atoms with Gasteiger partial charge in [0.1, 0.15) is 17.5 Å². The monoisotopic (exact) mass is 599 g/mol. The van der Waals surface area contributed by atoms with Crippen molar-refractivity contribution in [2.24, 2.45) is 4.99 Å². The number of carbonyl (C=O) groups is 2. The standard InChI is InChI=1S/C26H32F3N5O6S/c1-8-16(18-11-14(12-40-18)13(2)3)31-23-20(22(25(37)34(6)7)41(38,39)32-23)30-17-10-9-15(26(27,28)29)19(21(17)35)24(36)33(4)5/h9-13,16,30,35H,8H2,1-7H3,(H,31,32). The van der Waals surface area contributed by atoms with Crippen molar-refractivity contribution in [3.05, 3.63) is 57.5 Å². The molecule has 2 heterocycles. The number of aliphatic imine (C=N–C) groups is 1. The molecule has 11 nitrogen and oxygen atoms in total. The molecule has 1 aliphatic rings. The average Bonchev–Trinajstić information content (AvgIpc) is 3.44. The highest BCUT2D eigenvalue weighted by Gasteiger charge is 2.42. The van der Waals surface area contributed by atoms with Gasteiger partial charge in [-0.05, 0) is 36.1 Å². The molecule has 0 saturated heterocycles. The molecule has 0 fully saturated rings. The van der Waals surface area contributed by atoms with Crippen LogP contribution in [-0.2, 0) is 21.0 Å². The fraction of sp³-hybridized carbons (Fsp3) is 0.423. The van der Waals surface area contributed by atoms with Crippen molar-refractivity contribution in [2.45, 2.75) is 45.3 Å². The van der Waals surface area contributed by atoms with Crippen molar-refractivity contribution in [2.75, 3.05) is 33.5 Å². The van der Waals surface area contributed by atoms with Crippen LogP contribution in [0.5, 0.6) is 5.75 Å². The van der Waals surface area contributed by atoms with E-state index in [1.165, 1.54) is 28.2 Å². The lowest BCUT2D eigenvalue weighted by Crippen LogP contribution is -2.30. The number of alkyl halides is 3. The van der Waals surface area contributed by atoms with Gasteiger partial charge in [-0.2, -0.15) is 13.2 Å². The number of amidine groups is 1. The van der Waals surface area contributed by atoms with Crippen molar-refractivity contribution >= 4 is 33.4 Å². The minimum Gasteiger partial charge on any atom is -0.505 e. The number of phenols is 1. The lowest BCUT2D eigenvalue weighted by atomic mass is 10.0. The second-order valence-corrected chi connectivity index (χ2v) is 11.7. The third-order valence-corrected chi connectivity index (χ3v) is 7.61. The highest BCUT2D eigenvalue weighted by Crippen LogP contribution is 2.41. The summed E-state index contributed by atoms with van der Waals surface area (Å²) in [6, 6.07) is 2.47. The zero-order valence-electron chi connectivity index (χ0n) is 23.5. The molecule has 0 radical (unpaired) electrons. The highest BCUT2D eigenvalue weighted by molar-refractivity contribution is 7.95. The number of halogens is 3. The summed E-state index contributed by atoms with van der Waals surface area (Å²) in [6.07, 6.45) is -3.08.